The van der Waals surface area contributed by atoms with Gasteiger partial charge in [0.15, 0.2) is 0 Å². The fourth-order valence-corrected chi connectivity index (χ4v) is 2.57. The number of anilines is 2. The van der Waals surface area contributed by atoms with E-state index in [-0.39, 0.29) is 30.3 Å². The summed E-state index contributed by atoms with van der Waals surface area (Å²) in [5.41, 5.74) is 5.56. The first-order valence-corrected chi connectivity index (χ1v) is 7.82. The van der Waals surface area contributed by atoms with E-state index in [2.05, 4.69) is 5.32 Å². The number of hydrogen-bond donors (Lipinski definition) is 2. The molecule has 3 N–H and O–H groups in total. The lowest BCUT2D eigenvalue weighted by Crippen LogP contribution is -2.45. The lowest BCUT2D eigenvalue weighted by Gasteiger charge is -2.28. The average molecular weight is 356 g/mol. The number of rotatable bonds is 6. The lowest BCUT2D eigenvalue weighted by atomic mass is 10.1. The Bertz CT molecular complexity index is 640. The van der Waals surface area contributed by atoms with Crippen molar-refractivity contribution in [2.45, 2.75) is 12.5 Å². The molecule has 0 bridgehead atoms. The molecule has 25 heavy (non-hydrogen) atoms. The van der Waals surface area contributed by atoms with Crippen molar-refractivity contribution in [3.05, 3.63) is 23.8 Å². The van der Waals surface area contributed by atoms with Crippen LogP contribution >= 0.6 is 0 Å². The van der Waals surface area contributed by atoms with Gasteiger partial charge in [0.25, 0.3) is 12.3 Å². The summed E-state index contributed by atoms with van der Waals surface area (Å²) >= 11 is 0. The molecule has 1 saturated heterocycles. The van der Waals surface area contributed by atoms with Gasteiger partial charge in [-0.25, -0.2) is 8.78 Å². The van der Waals surface area contributed by atoms with E-state index >= 15 is 0 Å². The molecule has 9 heteroatoms. The summed E-state index contributed by atoms with van der Waals surface area (Å²) < 4.78 is 31.9. The Morgan fingerprint density at radius 3 is 2.72 bits per heavy atom. The molecule has 0 aromatic heterocycles. The summed E-state index contributed by atoms with van der Waals surface area (Å²) in [6.07, 6.45) is -2.80. The quantitative estimate of drug-likeness (QED) is 0.788. The lowest BCUT2D eigenvalue weighted by molar-refractivity contribution is -0.125. The first-order valence-electron chi connectivity index (χ1n) is 7.82. The van der Waals surface area contributed by atoms with Gasteiger partial charge in [-0.3, -0.25) is 14.5 Å². The molecule has 0 radical (unpaired) electrons. The molecule has 1 aliphatic rings. The molecule has 1 aromatic carbocycles. The molecule has 2 amide bonds. The van der Waals surface area contributed by atoms with Crippen LogP contribution in [-0.2, 0) is 14.3 Å². The fourth-order valence-electron chi connectivity index (χ4n) is 2.57. The number of carbonyl (C=O) groups is 2. The van der Waals surface area contributed by atoms with Crippen molar-refractivity contribution in [1.82, 2.24) is 4.90 Å². The Morgan fingerprint density at radius 2 is 2.16 bits per heavy atom. The van der Waals surface area contributed by atoms with E-state index < -0.39 is 18.4 Å². The minimum Gasteiger partial charge on any atom is -0.370 e. The van der Waals surface area contributed by atoms with E-state index in [1.807, 2.05) is 0 Å². The number of likely N-dealkylation sites (N-methyl/N-ethyl adjacent to an activating group) is 1. The minimum absolute atomic E-state index is 0.00441. The summed E-state index contributed by atoms with van der Waals surface area (Å²) in [6.45, 7) is 0.616. The van der Waals surface area contributed by atoms with Crippen LogP contribution in [0.3, 0.4) is 0 Å². The number of nitrogens with zero attached hydrogens (tertiary/aromatic N) is 2. The van der Waals surface area contributed by atoms with Gasteiger partial charge in [-0.1, -0.05) is 0 Å². The van der Waals surface area contributed by atoms with E-state index in [9.17, 15) is 18.4 Å². The number of amides is 2. The first-order chi connectivity index (χ1) is 11.8. The number of hydrogen-bond acceptors (Lipinski definition) is 5. The molecule has 1 heterocycles. The van der Waals surface area contributed by atoms with Gasteiger partial charge in [0.05, 0.1) is 6.61 Å². The maximum atomic E-state index is 13.4. The van der Waals surface area contributed by atoms with Gasteiger partial charge in [-0.2, -0.15) is 0 Å². The van der Waals surface area contributed by atoms with Gasteiger partial charge in [-0.15, -0.1) is 0 Å². The van der Waals surface area contributed by atoms with Crippen molar-refractivity contribution in [3.8, 4) is 0 Å². The van der Waals surface area contributed by atoms with Crippen LogP contribution in [-0.4, -0.2) is 63.2 Å². The highest BCUT2D eigenvalue weighted by Crippen LogP contribution is 2.32. The van der Waals surface area contributed by atoms with E-state index in [0.29, 0.717) is 18.8 Å². The molecule has 0 saturated carbocycles. The van der Waals surface area contributed by atoms with Gasteiger partial charge in [0.1, 0.15) is 12.6 Å². The molecule has 0 aliphatic carbocycles. The Balaban J connectivity index is 2.27. The smallest absolute Gasteiger partial charge is 0.265 e. The van der Waals surface area contributed by atoms with E-state index in [1.165, 1.54) is 23.1 Å². The molecular formula is C16H22F2N4O3. The Kier molecular flexibility index (Phi) is 6.40. The van der Waals surface area contributed by atoms with Crippen LogP contribution in [0.2, 0.25) is 0 Å². The second-order valence-electron chi connectivity index (χ2n) is 5.87. The Morgan fingerprint density at radius 1 is 1.44 bits per heavy atom. The van der Waals surface area contributed by atoms with Gasteiger partial charge >= 0.3 is 0 Å². The van der Waals surface area contributed by atoms with Crippen molar-refractivity contribution < 1.29 is 23.1 Å². The molecule has 1 fully saturated rings. The second kappa shape index (κ2) is 8.32. The van der Waals surface area contributed by atoms with E-state index in [1.54, 1.807) is 19.0 Å². The third-order valence-corrected chi connectivity index (χ3v) is 3.97. The largest absolute Gasteiger partial charge is 0.370 e. The van der Waals surface area contributed by atoms with E-state index in [0.717, 1.165) is 0 Å². The third kappa shape index (κ3) is 4.50. The van der Waals surface area contributed by atoms with Crippen LogP contribution in [0.4, 0.5) is 20.2 Å². The second-order valence-corrected chi connectivity index (χ2v) is 5.87. The molecule has 1 aliphatic heterocycles. The molecule has 138 valence electrons. The van der Waals surface area contributed by atoms with Gasteiger partial charge in [-0.05, 0) is 32.3 Å². The molecule has 0 unspecified atom stereocenters. The predicted molar refractivity (Wildman–Crippen MR) is 89.7 cm³/mol. The van der Waals surface area contributed by atoms with Crippen LogP contribution in [0.1, 0.15) is 12.0 Å². The highest BCUT2D eigenvalue weighted by atomic mass is 19.3. The summed E-state index contributed by atoms with van der Waals surface area (Å²) in [6, 6.07) is 3.49. The first kappa shape index (κ1) is 19.2. The van der Waals surface area contributed by atoms with Crippen LogP contribution < -0.4 is 16.0 Å². The van der Waals surface area contributed by atoms with Gasteiger partial charge < -0.3 is 20.7 Å². The standard InChI is InChI=1S/C16H22F2N4O3/c1-21(2)13(8-19)16(24)20-12-4-3-10(7-11(12)15(17)18)22-5-6-25-9-14(22)23/h3-4,7,13,15H,5-6,8-9,19H2,1-2H3,(H,20,24)/t13-/m1/s1. The van der Waals surface area contributed by atoms with Crippen LogP contribution in [0.25, 0.3) is 0 Å². The zero-order valence-corrected chi connectivity index (χ0v) is 14.2. The van der Waals surface area contributed by atoms with Crippen LogP contribution in [0.15, 0.2) is 18.2 Å². The Labute approximate surface area is 144 Å². The molecule has 2 rings (SSSR count). The predicted octanol–water partition coefficient (Wildman–Crippen LogP) is 0.815. The number of morpholine rings is 1. The summed E-state index contributed by atoms with van der Waals surface area (Å²) in [5.74, 6) is -0.761. The Hall–Kier alpha value is -2.10. The normalized spacial score (nSPS) is 16.4. The molecule has 0 spiro atoms. The van der Waals surface area contributed by atoms with Crippen molar-refractivity contribution >= 4 is 23.2 Å². The maximum Gasteiger partial charge on any atom is 0.265 e. The van der Waals surface area contributed by atoms with Crippen molar-refractivity contribution in [2.75, 3.05) is 50.6 Å². The van der Waals surface area contributed by atoms with Crippen molar-refractivity contribution in [3.63, 3.8) is 0 Å². The monoisotopic (exact) mass is 356 g/mol. The maximum absolute atomic E-state index is 13.4. The van der Waals surface area contributed by atoms with Gasteiger partial charge in [0, 0.05) is 30.0 Å². The number of nitrogens with one attached hydrogen (secondary N) is 1. The summed E-state index contributed by atoms with van der Waals surface area (Å²) in [4.78, 5) is 27.1. The fraction of sp³-hybridized carbons (Fsp3) is 0.500. The minimum atomic E-state index is -2.80. The van der Waals surface area contributed by atoms with Crippen LogP contribution in [0, 0.1) is 0 Å². The average Bonchev–Trinajstić information content (AvgIpc) is 2.56. The SMILES string of the molecule is CN(C)[C@H](CN)C(=O)Nc1ccc(N2CCOCC2=O)cc1C(F)F. The number of carbonyl (C=O) groups excluding carboxylic acids is 2. The highest BCUT2D eigenvalue weighted by molar-refractivity contribution is 5.97. The molecule has 7 nitrogen and oxygen atoms in total. The molecule has 1 atom stereocenters. The number of benzene rings is 1. The number of nitrogens with two attached hydrogens (primary N) is 1. The van der Waals surface area contributed by atoms with Crippen molar-refractivity contribution in [1.29, 1.82) is 0 Å². The topological polar surface area (TPSA) is 87.9 Å². The summed E-state index contributed by atoms with van der Waals surface area (Å²) in [7, 11) is 3.36. The van der Waals surface area contributed by atoms with E-state index in [4.69, 9.17) is 10.5 Å². The number of ether oxygens (including phenoxy) is 1. The van der Waals surface area contributed by atoms with Gasteiger partial charge in [0.2, 0.25) is 5.91 Å². The molecular weight excluding hydrogens is 334 g/mol. The number of halogens is 2. The zero-order valence-electron chi connectivity index (χ0n) is 14.2. The third-order valence-electron chi connectivity index (χ3n) is 3.97. The molecule has 1 aromatic rings. The van der Waals surface area contributed by atoms with Crippen molar-refractivity contribution in [2.24, 2.45) is 5.73 Å². The zero-order chi connectivity index (χ0) is 18.6. The highest BCUT2D eigenvalue weighted by Gasteiger charge is 2.25. The van der Waals surface area contributed by atoms with Crippen LogP contribution in [0.5, 0.6) is 0 Å². The summed E-state index contributed by atoms with van der Waals surface area (Å²) in [5, 5.41) is 2.50. The number of alkyl halides is 2.